The van der Waals surface area contributed by atoms with Gasteiger partial charge < -0.3 is 14.2 Å². The van der Waals surface area contributed by atoms with Crippen molar-refractivity contribution in [3.8, 4) is 0 Å². The van der Waals surface area contributed by atoms with E-state index in [0.717, 1.165) is 83.5 Å². The quantitative estimate of drug-likeness (QED) is 0.0262. The molecule has 0 saturated carbocycles. The van der Waals surface area contributed by atoms with Crippen LogP contribution in [0.25, 0.3) is 0 Å². The first-order valence-electron chi connectivity index (χ1n) is 27.8. The molecule has 0 bridgehead atoms. The van der Waals surface area contributed by atoms with Crippen LogP contribution in [0.5, 0.6) is 0 Å². The molecule has 0 amide bonds. The van der Waals surface area contributed by atoms with Gasteiger partial charge in [-0.2, -0.15) is 0 Å². The highest BCUT2D eigenvalue weighted by Gasteiger charge is 2.19. The number of hydrogen-bond donors (Lipinski definition) is 0. The van der Waals surface area contributed by atoms with E-state index in [2.05, 4.69) is 45.1 Å². The average molecular weight is 887 g/mol. The minimum Gasteiger partial charge on any atom is -0.462 e. The van der Waals surface area contributed by atoms with E-state index in [0.29, 0.717) is 19.3 Å². The molecule has 1 atom stereocenters. The second-order valence-electron chi connectivity index (χ2n) is 18.9. The number of esters is 3. The molecule has 0 aliphatic heterocycles. The van der Waals surface area contributed by atoms with Gasteiger partial charge in [-0.05, 0) is 44.9 Å². The second kappa shape index (κ2) is 52.5. The highest BCUT2D eigenvalue weighted by Crippen LogP contribution is 2.17. The Morgan fingerprint density at radius 3 is 0.921 bits per heavy atom. The first kappa shape index (κ1) is 60.9. The largest absolute Gasteiger partial charge is 0.462 e. The van der Waals surface area contributed by atoms with Crippen molar-refractivity contribution in [2.45, 2.75) is 309 Å². The summed E-state index contributed by atoms with van der Waals surface area (Å²) in [4.78, 5) is 37.8. The molecule has 0 N–H and O–H groups in total. The van der Waals surface area contributed by atoms with Gasteiger partial charge >= 0.3 is 17.9 Å². The maximum absolute atomic E-state index is 12.7. The fourth-order valence-corrected chi connectivity index (χ4v) is 8.23. The van der Waals surface area contributed by atoms with E-state index in [9.17, 15) is 14.4 Å². The van der Waals surface area contributed by atoms with Crippen molar-refractivity contribution < 1.29 is 28.6 Å². The maximum Gasteiger partial charge on any atom is 0.306 e. The van der Waals surface area contributed by atoms with Crippen molar-refractivity contribution in [3.63, 3.8) is 0 Å². The van der Waals surface area contributed by atoms with E-state index in [1.807, 2.05) is 0 Å². The summed E-state index contributed by atoms with van der Waals surface area (Å²) in [7, 11) is 0. The molecule has 0 aromatic rings. The Labute approximate surface area is 392 Å². The number of carbonyl (C=O) groups is 3. The number of rotatable bonds is 51. The van der Waals surface area contributed by atoms with Crippen LogP contribution in [0.4, 0.5) is 0 Å². The Hall–Kier alpha value is -2.11. The molecule has 63 heavy (non-hydrogen) atoms. The van der Waals surface area contributed by atoms with E-state index in [1.54, 1.807) is 0 Å². The van der Waals surface area contributed by atoms with Crippen molar-refractivity contribution >= 4 is 17.9 Å². The number of ether oxygens (including phenoxy) is 3. The molecule has 0 aliphatic carbocycles. The lowest BCUT2D eigenvalue weighted by atomic mass is 10.0. The van der Waals surface area contributed by atoms with Gasteiger partial charge in [0.25, 0.3) is 0 Å². The lowest BCUT2D eigenvalue weighted by molar-refractivity contribution is -0.167. The molecule has 1 unspecified atom stereocenters. The van der Waals surface area contributed by atoms with Gasteiger partial charge in [-0.25, -0.2) is 0 Å². The summed E-state index contributed by atoms with van der Waals surface area (Å²) in [6, 6.07) is 0. The van der Waals surface area contributed by atoms with Gasteiger partial charge in [0.2, 0.25) is 0 Å². The number of hydrogen-bond acceptors (Lipinski definition) is 6. The summed E-state index contributed by atoms with van der Waals surface area (Å²) in [6.07, 6.45) is 60.7. The Kier molecular flexibility index (Phi) is 50.8. The second-order valence-corrected chi connectivity index (χ2v) is 18.9. The third-order valence-electron chi connectivity index (χ3n) is 12.5. The maximum atomic E-state index is 12.7. The smallest absolute Gasteiger partial charge is 0.306 e. The molecule has 0 aliphatic rings. The Bertz CT molecular complexity index is 1020. The highest BCUT2D eigenvalue weighted by atomic mass is 16.6. The molecule has 370 valence electrons. The van der Waals surface area contributed by atoms with Crippen LogP contribution in [0.1, 0.15) is 303 Å². The van der Waals surface area contributed by atoms with Crippen molar-refractivity contribution in [3.05, 3.63) is 24.3 Å². The summed E-state index contributed by atoms with van der Waals surface area (Å²) < 4.78 is 16.7. The average Bonchev–Trinajstić information content (AvgIpc) is 3.28. The molecular weight excluding hydrogens is 781 g/mol. The van der Waals surface area contributed by atoms with Crippen LogP contribution in [0.15, 0.2) is 24.3 Å². The van der Waals surface area contributed by atoms with Gasteiger partial charge in [0, 0.05) is 19.3 Å². The van der Waals surface area contributed by atoms with Gasteiger partial charge in [-0.1, -0.05) is 263 Å². The first-order valence-corrected chi connectivity index (χ1v) is 27.8. The predicted molar refractivity (Wildman–Crippen MR) is 270 cm³/mol. The lowest BCUT2D eigenvalue weighted by Gasteiger charge is -2.18. The van der Waals surface area contributed by atoms with Crippen molar-refractivity contribution in [2.75, 3.05) is 13.2 Å². The van der Waals surface area contributed by atoms with E-state index < -0.39 is 6.10 Å². The molecule has 0 saturated heterocycles. The normalized spacial score (nSPS) is 12.1. The fourth-order valence-electron chi connectivity index (χ4n) is 8.23. The monoisotopic (exact) mass is 887 g/mol. The van der Waals surface area contributed by atoms with Gasteiger partial charge in [0.1, 0.15) is 13.2 Å². The summed E-state index contributed by atoms with van der Waals surface area (Å²) in [6.45, 7) is 6.56. The van der Waals surface area contributed by atoms with E-state index >= 15 is 0 Å². The molecule has 0 spiro atoms. The molecule has 6 heteroatoms. The van der Waals surface area contributed by atoms with Crippen LogP contribution >= 0.6 is 0 Å². The molecule has 0 aromatic carbocycles. The molecule has 0 rings (SSSR count). The van der Waals surface area contributed by atoms with Crippen LogP contribution in [-0.2, 0) is 28.6 Å². The van der Waals surface area contributed by atoms with Crippen LogP contribution in [0, 0.1) is 0 Å². The zero-order valence-electron chi connectivity index (χ0n) is 42.4. The predicted octanol–water partition coefficient (Wildman–Crippen LogP) is 18.3. The van der Waals surface area contributed by atoms with Gasteiger partial charge in [-0.15, -0.1) is 0 Å². The van der Waals surface area contributed by atoms with Gasteiger partial charge in [-0.3, -0.25) is 14.4 Å². The zero-order valence-corrected chi connectivity index (χ0v) is 42.4. The Morgan fingerprint density at radius 1 is 0.317 bits per heavy atom. The van der Waals surface area contributed by atoms with Crippen LogP contribution < -0.4 is 0 Å². The van der Waals surface area contributed by atoms with Crippen molar-refractivity contribution in [1.29, 1.82) is 0 Å². The fraction of sp³-hybridized carbons (Fsp3) is 0.877. The lowest BCUT2D eigenvalue weighted by Crippen LogP contribution is -2.30. The molecular formula is C57H106O6. The minimum atomic E-state index is -0.771. The van der Waals surface area contributed by atoms with Crippen LogP contribution in [0.2, 0.25) is 0 Å². The summed E-state index contributed by atoms with van der Waals surface area (Å²) in [5.74, 6) is -0.883. The molecule has 0 heterocycles. The SMILES string of the molecule is CCCC/C=C\C/C=C\CCCCCCCC(=O)OC(COC(=O)CCCCCCCC)COC(=O)CCCCCCCCCCCCCCCCCCCCCCCCCCC. The third-order valence-corrected chi connectivity index (χ3v) is 12.5. The van der Waals surface area contributed by atoms with E-state index in [4.69, 9.17) is 14.2 Å². The van der Waals surface area contributed by atoms with Gasteiger partial charge in [0.05, 0.1) is 0 Å². The summed E-state index contributed by atoms with van der Waals surface area (Å²) >= 11 is 0. The van der Waals surface area contributed by atoms with Crippen molar-refractivity contribution in [1.82, 2.24) is 0 Å². The Morgan fingerprint density at radius 2 is 0.587 bits per heavy atom. The summed E-state index contributed by atoms with van der Waals surface area (Å²) in [5, 5.41) is 0. The minimum absolute atomic E-state index is 0.0731. The third kappa shape index (κ3) is 50.7. The van der Waals surface area contributed by atoms with Crippen LogP contribution in [0.3, 0.4) is 0 Å². The zero-order chi connectivity index (χ0) is 45.8. The molecule has 0 radical (unpaired) electrons. The molecule has 0 aromatic heterocycles. The van der Waals surface area contributed by atoms with Crippen molar-refractivity contribution in [2.24, 2.45) is 0 Å². The number of carbonyl (C=O) groups excluding carboxylic acids is 3. The molecule has 6 nitrogen and oxygen atoms in total. The van der Waals surface area contributed by atoms with E-state index in [1.165, 1.54) is 180 Å². The molecule has 0 fully saturated rings. The van der Waals surface area contributed by atoms with E-state index in [-0.39, 0.29) is 31.1 Å². The first-order chi connectivity index (χ1) is 31.0. The summed E-state index contributed by atoms with van der Waals surface area (Å²) in [5.41, 5.74) is 0. The Balaban J connectivity index is 4.04. The highest BCUT2D eigenvalue weighted by molar-refractivity contribution is 5.71. The standard InChI is InChI=1S/C57H106O6/c1-4-7-10-13-16-18-20-22-24-25-26-27-28-29-30-31-32-33-34-36-37-39-41-44-47-50-56(59)62-53-54(52-61-55(58)49-46-43-15-12-9-6-3)63-57(60)51-48-45-42-40-38-35-23-21-19-17-14-11-8-5-2/h14,17,21,23,54H,4-13,15-16,18-20,22,24-53H2,1-3H3/b17-14-,23-21-. The van der Waals surface area contributed by atoms with Crippen LogP contribution in [-0.4, -0.2) is 37.2 Å². The topological polar surface area (TPSA) is 78.9 Å². The van der Waals surface area contributed by atoms with Gasteiger partial charge in [0.15, 0.2) is 6.10 Å². The number of unbranched alkanes of at least 4 members (excludes halogenated alkanes) is 36. The number of allylic oxidation sites excluding steroid dienone is 4.